The van der Waals surface area contributed by atoms with Crippen LogP contribution in [0.3, 0.4) is 0 Å². The number of para-hydroxylation sites is 2. The van der Waals surface area contributed by atoms with Crippen LogP contribution in [-0.2, 0) is 4.79 Å². The van der Waals surface area contributed by atoms with Crippen LogP contribution in [0.25, 0.3) is 0 Å². The molecule has 1 aliphatic heterocycles. The monoisotopic (exact) mass is 278 g/mol. The number of nitriles is 1. The van der Waals surface area contributed by atoms with E-state index in [4.69, 9.17) is 4.74 Å². The van der Waals surface area contributed by atoms with E-state index in [2.05, 4.69) is 6.07 Å². The van der Waals surface area contributed by atoms with Crippen molar-refractivity contribution in [2.45, 2.75) is 5.92 Å². The number of anilines is 1. The molecule has 0 spiro atoms. The molecule has 0 radical (unpaired) electrons. The summed E-state index contributed by atoms with van der Waals surface area (Å²) in [4.78, 5) is 13.8. The van der Waals surface area contributed by atoms with Crippen molar-refractivity contribution in [3.8, 4) is 11.8 Å². The second-order valence-electron chi connectivity index (χ2n) is 4.85. The summed E-state index contributed by atoms with van der Waals surface area (Å²) in [6.07, 6.45) is 0. The standard InChI is InChI=1S/C17H14N2O2/c18-10-14(13-6-2-1-3-7-13)11-19-15-8-4-5-9-16(15)21-12-17(19)20/h1-9,14H,11-12H2. The molecule has 1 amide bonds. The first kappa shape index (κ1) is 13.2. The van der Waals surface area contributed by atoms with Crippen LogP contribution in [0.2, 0.25) is 0 Å². The zero-order valence-corrected chi connectivity index (χ0v) is 11.4. The highest BCUT2D eigenvalue weighted by atomic mass is 16.5. The molecule has 3 rings (SSSR count). The number of rotatable bonds is 3. The van der Waals surface area contributed by atoms with Gasteiger partial charge in [0.1, 0.15) is 5.75 Å². The van der Waals surface area contributed by atoms with Crippen LogP contribution in [0.15, 0.2) is 54.6 Å². The third-order valence-electron chi connectivity index (χ3n) is 3.53. The summed E-state index contributed by atoms with van der Waals surface area (Å²) in [5.74, 6) is 0.202. The summed E-state index contributed by atoms with van der Waals surface area (Å²) in [5, 5.41) is 9.43. The van der Waals surface area contributed by atoms with Gasteiger partial charge in [-0.1, -0.05) is 42.5 Å². The third-order valence-corrected chi connectivity index (χ3v) is 3.53. The average molecular weight is 278 g/mol. The Bertz CT molecular complexity index is 691. The van der Waals surface area contributed by atoms with E-state index in [1.54, 1.807) is 4.90 Å². The van der Waals surface area contributed by atoms with Crippen molar-refractivity contribution in [1.82, 2.24) is 0 Å². The van der Waals surface area contributed by atoms with Crippen LogP contribution in [-0.4, -0.2) is 19.1 Å². The van der Waals surface area contributed by atoms with Gasteiger partial charge in [0.2, 0.25) is 0 Å². The van der Waals surface area contributed by atoms with Crippen LogP contribution in [0.5, 0.6) is 5.75 Å². The van der Waals surface area contributed by atoms with Crippen molar-refractivity contribution in [1.29, 1.82) is 5.26 Å². The summed E-state index contributed by atoms with van der Waals surface area (Å²) in [7, 11) is 0. The fourth-order valence-corrected chi connectivity index (χ4v) is 2.44. The highest BCUT2D eigenvalue weighted by molar-refractivity contribution is 5.97. The van der Waals surface area contributed by atoms with Gasteiger partial charge in [-0.3, -0.25) is 4.79 Å². The molecule has 21 heavy (non-hydrogen) atoms. The van der Waals surface area contributed by atoms with Gasteiger partial charge in [0.05, 0.1) is 17.7 Å². The van der Waals surface area contributed by atoms with Crippen LogP contribution in [0, 0.1) is 11.3 Å². The van der Waals surface area contributed by atoms with Gasteiger partial charge in [-0.25, -0.2) is 0 Å². The fraction of sp³-hybridized carbons (Fsp3) is 0.176. The van der Waals surface area contributed by atoms with E-state index in [1.807, 2.05) is 54.6 Å². The first-order valence-corrected chi connectivity index (χ1v) is 6.76. The number of hydrogen-bond donors (Lipinski definition) is 0. The minimum atomic E-state index is -0.360. The number of ether oxygens (including phenoxy) is 1. The topological polar surface area (TPSA) is 53.3 Å². The van der Waals surface area contributed by atoms with Gasteiger partial charge in [0, 0.05) is 6.54 Å². The molecule has 0 saturated carbocycles. The average Bonchev–Trinajstić information content (AvgIpc) is 2.55. The number of carbonyl (C=O) groups excluding carboxylic acids is 1. The van der Waals surface area contributed by atoms with E-state index < -0.39 is 0 Å². The Labute approximate surface area is 123 Å². The number of nitrogens with zero attached hydrogens (tertiary/aromatic N) is 2. The molecule has 0 bridgehead atoms. The van der Waals surface area contributed by atoms with E-state index in [0.29, 0.717) is 12.3 Å². The van der Waals surface area contributed by atoms with Gasteiger partial charge < -0.3 is 9.64 Å². The Morgan fingerprint density at radius 2 is 1.86 bits per heavy atom. The molecule has 1 atom stereocenters. The first-order valence-electron chi connectivity index (χ1n) is 6.76. The molecule has 104 valence electrons. The molecule has 0 fully saturated rings. The van der Waals surface area contributed by atoms with Crippen molar-refractivity contribution < 1.29 is 9.53 Å². The molecule has 1 unspecified atom stereocenters. The molecule has 4 nitrogen and oxygen atoms in total. The molecule has 2 aromatic rings. The number of benzene rings is 2. The maximum absolute atomic E-state index is 12.1. The number of fused-ring (bicyclic) bond motifs is 1. The number of carbonyl (C=O) groups is 1. The molecule has 0 N–H and O–H groups in total. The fourth-order valence-electron chi connectivity index (χ4n) is 2.44. The second kappa shape index (κ2) is 5.68. The van der Waals surface area contributed by atoms with E-state index in [1.165, 1.54) is 0 Å². The lowest BCUT2D eigenvalue weighted by Gasteiger charge is -2.30. The zero-order valence-electron chi connectivity index (χ0n) is 11.4. The van der Waals surface area contributed by atoms with E-state index in [-0.39, 0.29) is 18.4 Å². The molecule has 0 aliphatic carbocycles. The van der Waals surface area contributed by atoms with E-state index in [9.17, 15) is 10.1 Å². The largest absolute Gasteiger partial charge is 0.482 e. The lowest BCUT2D eigenvalue weighted by molar-refractivity contribution is -0.121. The van der Waals surface area contributed by atoms with Gasteiger partial charge in [-0.15, -0.1) is 0 Å². The Morgan fingerprint density at radius 1 is 1.14 bits per heavy atom. The van der Waals surface area contributed by atoms with Gasteiger partial charge in [0.15, 0.2) is 6.61 Å². The molecule has 0 aromatic heterocycles. The summed E-state index contributed by atoms with van der Waals surface area (Å²) < 4.78 is 5.41. The van der Waals surface area contributed by atoms with Gasteiger partial charge >= 0.3 is 0 Å². The molecule has 0 saturated heterocycles. The van der Waals surface area contributed by atoms with Crippen LogP contribution in [0.4, 0.5) is 5.69 Å². The second-order valence-corrected chi connectivity index (χ2v) is 4.85. The zero-order chi connectivity index (χ0) is 14.7. The van der Waals surface area contributed by atoms with Crippen LogP contribution in [0.1, 0.15) is 11.5 Å². The van der Waals surface area contributed by atoms with Crippen molar-refractivity contribution in [3.63, 3.8) is 0 Å². The Morgan fingerprint density at radius 3 is 2.62 bits per heavy atom. The van der Waals surface area contributed by atoms with E-state index >= 15 is 0 Å². The molecular weight excluding hydrogens is 264 g/mol. The van der Waals surface area contributed by atoms with Crippen LogP contribution >= 0.6 is 0 Å². The van der Waals surface area contributed by atoms with Crippen LogP contribution < -0.4 is 9.64 Å². The maximum Gasteiger partial charge on any atom is 0.265 e. The molecular formula is C17H14N2O2. The molecule has 2 aromatic carbocycles. The quantitative estimate of drug-likeness (QED) is 0.867. The van der Waals surface area contributed by atoms with Crippen molar-refractivity contribution in [2.75, 3.05) is 18.1 Å². The number of hydrogen-bond acceptors (Lipinski definition) is 3. The van der Waals surface area contributed by atoms with Crippen molar-refractivity contribution in [2.24, 2.45) is 0 Å². The minimum Gasteiger partial charge on any atom is -0.482 e. The lowest BCUT2D eigenvalue weighted by Crippen LogP contribution is -2.41. The maximum atomic E-state index is 12.1. The summed E-state index contributed by atoms with van der Waals surface area (Å²) in [5.41, 5.74) is 1.64. The summed E-state index contributed by atoms with van der Waals surface area (Å²) in [6, 6.07) is 19.2. The smallest absolute Gasteiger partial charge is 0.265 e. The SMILES string of the molecule is N#CC(CN1C(=O)COc2ccccc21)c1ccccc1. The lowest BCUT2D eigenvalue weighted by atomic mass is 9.99. The predicted octanol–water partition coefficient (Wildman–Crippen LogP) is 2.72. The predicted molar refractivity (Wildman–Crippen MR) is 79.1 cm³/mol. The third kappa shape index (κ3) is 2.59. The Hall–Kier alpha value is -2.80. The van der Waals surface area contributed by atoms with Gasteiger partial charge in [-0.05, 0) is 17.7 Å². The Balaban J connectivity index is 1.90. The first-order chi connectivity index (χ1) is 10.3. The summed E-state index contributed by atoms with van der Waals surface area (Å²) in [6.45, 7) is 0.351. The highest BCUT2D eigenvalue weighted by Crippen LogP contribution is 2.33. The van der Waals surface area contributed by atoms with Gasteiger partial charge in [0.25, 0.3) is 5.91 Å². The normalized spacial score (nSPS) is 14.8. The van der Waals surface area contributed by atoms with Gasteiger partial charge in [-0.2, -0.15) is 5.26 Å². The molecule has 1 heterocycles. The summed E-state index contributed by atoms with van der Waals surface area (Å²) >= 11 is 0. The van der Waals surface area contributed by atoms with E-state index in [0.717, 1.165) is 11.3 Å². The highest BCUT2D eigenvalue weighted by Gasteiger charge is 2.27. The van der Waals surface area contributed by atoms with Crippen molar-refractivity contribution >= 4 is 11.6 Å². The minimum absolute atomic E-state index is 0.0178. The number of amides is 1. The molecule has 4 heteroatoms. The molecule has 1 aliphatic rings. The van der Waals surface area contributed by atoms with Crippen molar-refractivity contribution in [3.05, 3.63) is 60.2 Å². The Kier molecular flexibility index (Phi) is 3.57.